The highest BCUT2D eigenvalue weighted by Gasteiger charge is 2.42. The van der Waals surface area contributed by atoms with Crippen LogP contribution < -0.4 is 0 Å². The van der Waals surface area contributed by atoms with E-state index in [9.17, 15) is 0 Å². The van der Waals surface area contributed by atoms with Gasteiger partial charge < -0.3 is 0 Å². The molecule has 0 atom stereocenters. The van der Waals surface area contributed by atoms with Crippen LogP contribution in [0.3, 0.4) is 0 Å². The van der Waals surface area contributed by atoms with Gasteiger partial charge in [0, 0.05) is 30.2 Å². The Hall–Kier alpha value is -8.22. The van der Waals surface area contributed by atoms with Gasteiger partial charge in [0.1, 0.15) is 0 Å². The number of aromatic nitrogens is 6. The summed E-state index contributed by atoms with van der Waals surface area (Å²) in [5.41, 5.74) is 21.7. The van der Waals surface area contributed by atoms with E-state index in [0.717, 1.165) is 80.6 Å². The summed E-state index contributed by atoms with van der Waals surface area (Å²) in [5.74, 6) is 0. The Morgan fingerprint density at radius 3 is 0.893 bits per heavy atom. The Kier molecular flexibility index (Phi) is 15.0. The molecule has 0 saturated carbocycles. The molecule has 0 unspecified atom stereocenters. The maximum Gasteiger partial charge on any atom is 0.0900 e. The number of hydrogen-bond donors (Lipinski definition) is 0. The zero-order valence-corrected chi connectivity index (χ0v) is 43.3. The minimum absolute atomic E-state index is 0.0867. The van der Waals surface area contributed by atoms with E-state index in [4.69, 9.17) is 9.97 Å². The van der Waals surface area contributed by atoms with Gasteiger partial charge in [-0.15, -0.1) is 0 Å². The predicted octanol–water partition coefficient (Wildman–Crippen LogP) is 18.4. The molecule has 0 bridgehead atoms. The molecule has 1 aliphatic carbocycles. The van der Waals surface area contributed by atoms with E-state index < -0.39 is 0 Å². The van der Waals surface area contributed by atoms with Crippen molar-refractivity contribution in [3.05, 3.63) is 218 Å². The summed E-state index contributed by atoms with van der Waals surface area (Å²) in [4.78, 5) is 28.7. The first kappa shape index (κ1) is 49.0. The van der Waals surface area contributed by atoms with Crippen LogP contribution in [0.25, 0.3) is 101 Å². The highest BCUT2D eigenvalue weighted by molar-refractivity contribution is 5.87. The molecule has 6 aromatic heterocycles. The fraction of sp³-hybridized carbons (Fsp3) is 0.217. The Bertz CT molecular complexity index is 3140. The Balaban J connectivity index is 0.951. The monoisotopic (exact) mass is 977 g/mol. The van der Waals surface area contributed by atoms with Crippen LogP contribution in [0.4, 0.5) is 0 Å². The molecule has 0 aliphatic heterocycles. The van der Waals surface area contributed by atoms with Crippen molar-refractivity contribution >= 4 is 0 Å². The van der Waals surface area contributed by atoms with Gasteiger partial charge in [-0.2, -0.15) is 0 Å². The van der Waals surface area contributed by atoms with Gasteiger partial charge in [-0.05, 0) is 165 Å². The molecule has 6 nitrogen and oxygen atoms in total. The maximum atomic E-state index is 5.03. The lowest BCUT2D eigenvalue weighted by molar-refractivity contribution is 0.399. The maximum absolute atomic E-state index is 5.03. The van der Waals surface area contributed by atoms with Gasteiger partial charge in [-0.1, -0.05) is 175 Å². The zero-order chi connectivity index (χ0) is 50.8. The summed E-state index contributed by atoms with van der Waals surface area (Å²) in [5, 5.41) is 0. The number of benzene rings is 4. The second kappa shape index (κ2) is 22.9. The first-order valence-corrected chi connectivity index (χ1v) is 27.3. The Morgan fingerprint density at radius 1 is 0.280 bits per heavy atom. The SMILES string of the molecule is CCCCCCCC1(CCCCCCC)c2cc(-c3ccc(-c4cc(-c5ccccn5)nc(-c5ccccn5)c4)cc3)ccc2-c2ccc(-c3ccc(-c4cc(-c5ccccn5)nc(-c5ccccn5)c4)cc3)cc21. The summed E-state index contributed by atoms with van der Waals surface area (Å²) in [6, 6.07) is 65.4. The zero-order valence-electron chi connectivity index (χ0n) is 43.3. The number of pyridine rings is 6. The fourth-order valence-electron chi connectivity index (χ4n) is 11.3. The fourth-order valence-corrected chi connectivity index (χ4v) is 11.3. The first-order valence-electron chi connectivity index (χ1n) is 27.3. The minimum Gasteiger partial charge on any atom is -0.255 e. The quantitative estimate of drug-likeness (QED) is 0.0708. The predicted molar refractivity (Wildman–Crippen MR) is 310 cm³/mol. The van der Waals surface area contributed by atoms with Crippen molar-refractivity contribution in [2.45, 2.75) is 96.3 Å². The van der Waals surface area contributed by atoms with Crippen LogP contribution in [-0.4, -0.2) is 29.9 Å². The molecule has 4 aromatic carbocycles. The molecule has 0 amide bonds. The largest absolute Gasteiger partial charge is 0.255 e. The van der Waals surface area contributed by atoms with E-state index in [1.807, 2.05) is 97.6 Å². The van der Waals surface area contributed by atoms with Crippen molar-refractivity contribution < 1.29 is 0 Å². The van der Waals surface area contributed by atoms with E-state index in [1.165, 1.54) is 109 Å². The number of hydrogen-bond acceptors (Lipinski definition) is 6. The molecule has 0 N–H and O–H groups in total. The number of fused-ring (bicyclic) bond motifs is 3. The highest BCUT2D eigenvalue weighted by Crippen LogP contribution is 2.56. The van der Waals surface area contributed by atoms with Crippen LogP contribution in [0.5, 0.6) is 0 Å². The second-order valence-corrected chi connectivity index (χ2v) is 20.2. The van der Waals surface area contributed by atoms with Crippen molar-refractivity contribution in [2.75, 3.05) is 0 Å². The molecule has 6 heteroatoms. The van der Waals surface area contributed by atoms with E-state index in [2.05, 4.69) is 143 Å². The third-order valence-electron chi connectivity index (χ3n) is 15.2. The normalized spacial score (nSPS) is 12.3. The average molecular weight is 977 g/mol. The van der Waals surface area contributed by atoms with Crippen molar-refractivity contribution in [3.8, 4) is 101 Å². The summed E-state index contributed by atoms with van der Waals surface area (Å²) in [6.07, 6.45) is 22.2. The third-order valence-corrected chi connectivity index (χ3v) is 15.2. The minimum atomic E-state index is -0.0867. The first-order chi connectivity index (χ1) is 37.1. The van der Waals surface area contributed by atoms with E-state index in [-0.39, 0.29) is 5.41 Å². The van der Waals surface area contributed by atoms with Gasteiger partial charge in [0.25, 0.3) is 0 Å². The number of rotatable bonds is 20. The molecule has 6 heterocycles. The molecular formula is C69H64N6. The van der Waals surface area contributed by atoms with Gasteiger partial charge >= 0.3 is 0 Å². The molecule has 1 aliphatic rings. The van der Waals surface area contributed by atoms with Crippen molar-refractivity contribution in [1.82, 2.24) is 29.9 Å². The summed E-state index contributed by atoms with van der Waals surface area (Å²) >= 11 is 0. The van der Waals surface area contributed by atoms with Crippen molar-refractivity contribution in [1.29, 1.82) is 0 Å². The molecule has 370 valence electrons. The second-order valence-electron chi connectivity index (χ2n) is 20.2. The van der Waals surface area contributed by atoms with Crippen LogP contribution in [0, 0.1) is 0 Å². The number of unbranched alkanes of at least 4 members (excludes halogenated alkanes) is 8. The molecule has 0 saturated heterocycles. The standard InChI is InChI=1S/C69H64N6/c1-3-5-7-9-15-37-69(38-16-10-8-6-4-2)59-43-53(49-25-29-51(30-26-49)55-45-65(61-21-11-17-39-70-61)74-66(46-55)62-22-12-18-40-71-62)33-35-57(59)58-36-34-54(44-60(58)69)50-27-31-52(32-28-50)56-47-67(63-23-13-19-41-72-63)75-68(48-56)64-24-14-20-42-73-64/h11-14,17-36,39-48H,3-10,15-16,37-38H2,1-2H3. The lowest BCUT2D eigenvalue weighted by Crippen LogP contribution is -2.25. The number of nitrogens with zero attached hydrogens (tertiary/aromatic N) is 6. The highest BCUT2D eigenvalue weighted by atomic mass is 14.8. The molecule has 0 spiro atoms. The topological polar surface area (TPSA) is 77.3 Å². The lowest BCUT2D eigenvalue weighted by atomic mass is 9.70. The van der Waals surface area contributed by atoms with E-state index in [1.54, 1.807) is 0 Å². The molecule has 0 radical (unpaired) electrons. The Labute approximate surface area is 443 Å². The van der Waals surface area contributed by atoms with Gasteiger partial charge in [0.05, 0.1) is 45.6 Å². The van der Waals surface area contributed by atoms with Crippen molar-refractivity contribution in [2.24, 2.45) is 0 Å². The van der Waals surface area contributed by atoms with Crippen molar-refractivity contribution in [3.63, 3.8) is 0 Å². The molecule has 11 rings (SSSR count). The molecular weight excluding hydrogens is 913 g/mol. The third kappa shape index (κ3) is 10.7. The van der Waals surface area contributed by atoms with Crippen LogP contribution in [-0.2, 0) is 5.41 Å². The van der Waals surface area contributed by atoms with Gasteiger partial charge in [0.2, 0.25) is 0 Å². The van der Waals surface area contributed by atoms with E-state index in [0.29, 0.717) is 0 Å². The van der Waals surface area contributed by atoms with Gasteiger partial charge in [0.15, 0.2) is 0 Å². The van der Waals surface area contributed by atoms with Gasteiger partial charge in [-0.3, -0.25) is 19.9 Å². The van der Waals surface area contributed by atoms with Crippen LogP contribution in [0.1, 0.15) is 102 Å². The van der Waals surface area contributed by atoms with Gasteiger partial charge in [-0.25, -0.2) is 9.97 Å². The Morgan fingerprint density at radius 2 is 0.587 bits per heavy atom. The summed E-state index contributed by atoms with van der Waals surface area (Å²) < 4.78 is 0. The van der Waals surface area contributed by atoms with Crippen LogP contribution in [0.15, 0.2) is 207 Å². The van der Waals surface area contributed by atoms with E-state index >= 15 is 0 Å². The summed E-state index contributed by atoms with van der Waals surface area (Å²) in [7, 11) is 0. The summed E-state index contributed by atoms with van der Waals surface area (Å²) in [6.45, 7) is 4.63. The lowest BCUT2D eigenvalue weighted by Gasteiger charge is -2.33. The molecule has 0 fully saturated rings. The van der Waals surface area contributed by atoms with Crippen LogP contribution >= 0.6 is 0 Å². The smallest absolute Gasteiger partial charge is 0.0900 e. The molecule has 10 aromatic rings. The van der Waals surface area contributed by atoms with Crippen LogP contribution in [0.2, 0.25) is 0 Å². The molecule has 75 heavy (non-hydrogen) atoms. The average Bonchev–Trinajstić information content (AvgIpc) is 3.93.